The number of hydrogen-bond donors (Lipinski definition) is 2. The lowest BCUT2D eigenvalue weighted by molar-refractivity contribution is -0.145. The van der Waals surface area contributed by atoms with E-state index < -0.39 is 11.9 Å². The van der Waals surface area contributed by atoms with Gasteiger partial charge in [0, 0.05) is 12.5 Å². The maximum atomic E-state index is 11.5. The summed E-state index contributed by atoms with van der Waals surface area (Å²) in [5.74, 6) is -1.84. The second-order valence-corrected chi connectivity index (χ2v) is 4.64. The zero-order chi connectivity index (χ0) is 12.8. The zero-order valence-corrected chi connectivity index (χ0v) is 10.0. The smallest absolute Gasteiger partial charge is 0.308 e. The van der Waals surface area contributed by atoms with Gasteiger partial charge in [-0.1, -0.05) is 12.8 Å². The fourth-order valence-electron chi connectivity index (χ4n) is 2.74. The van der Waals surface area contributed by atoms with Crippen molar-refractivity contribution < 1.29 is 19.5 Å². The molecule has 2 N–H and O–H groups in total. The maximum absolute atomic E-state index is 11.5. The first kappa shape index (κ1) is 13.7. The van der Waals surface area contributed by atoms with E-state index in [1.54, 1.807) is 0 Å². The van der Waals surface area contributed by atoms with Crippen LogP contribution in [-0.2, 0) is 14.4 Å². The third kappa shape index (κ3) is 3.54. The van der Waals surface area contributed by atoms with Gasteiger partial charge in [-0.3, -0.25) is 14.4 Å². The highest BCUT2D eigenvalue weighted by Gasteiger charge is 2.37. The van der Waals surface area contributed by atoms with Crippen LogP contribution < -0.4 is 5.32 Å². The van der Waals surface area contributed by atoms with Gasteiger partial charge in [0.15, 0.2) is 0 Å². The van der Waals surface area contributed by atoms with E-state index in [4.69, 9.17) is 0 Å². The predicted molar refractivity (Wildman–Crippen MR) is 61.3 cm³/mol. The standard InChI is InChI=1S/C12H19NO4/c1-8(15)9-4-2-3-5-10(9)11(12(16)17)6-13-7-14/h7,9-11H,2-6H2,1H3,(H,13,14)(H,16,17). The van der Waals surface area contributed by atoms with Crippen molar-refractivity contribution in [2.24, 2.45) is 17.8 Å². The molecule has 0 aromatic rings. The van der Waals surface area contributed by atoms with E-state index in [1.165, 1.54) is 6.92 Å². The second kappa shape index (κ2) is 6.37. The van der Waals surface area contributed by atoms with Gasteiger partial charge in [0.25, 0.3) is 0 Å². The van der Waals surface area contributed by atoms with Gasteiger partial charge in [-0.25, -0.2) is 0 Å². The molecule has 0 spiro atoms. The third-order valence-corrected chi connectivity index (χ3v) is 3.60. The van der Waals surface area contributed by atoms with Crippen LogP contribution in [0.3, 0.4) is 0 Å². The fourth-order valence-corrected chi connectivity index (χ4v) is 2.74. The van der Waals surface area contributed by atoms with Crippen LogP contribution in [0.1, 0.15) is 32.6 Å². The Kier molecular flexibility index (Phi) is 5.12. The number of carbonyl (C=O) groups excluding carboxylic acids is 2. The number of carboxylic acid groups (broad SMARTS) is 1. The summed E-state index contributed by atoms with van der Waals surface area (Å²) in [5.41, 5.74) is 0. The van der Waals surface area contributed by atoms with Crippen molar-refractivity contribution >= 4 is 18.2 Å². The molecular weight excluding hydrogens is 222 g/mol. The molecule has 3 atom stereocenters. The molecule has 5 heteroatoms. The molecule has 0 aliphatic heterocycles. The molecule has 96 valence electrons. The molecule has 1 fully saturated rings. The minimum Gasteiger partial charge on any atom is -0.481 e. The van der Waals surface area contributed by atoms with Crippen molar-refractivity contribution in [3.05, 3.63) is 0 Å². The van der Waals surface area contributed by atoms with E-state index >= 15 is 0 Å². The monoisotopic (exact) mass is 241 g/mol. The van der Waals surface area contributed by atoms with Crippen molar-refractivity contribution in [2.75, 3.05) is 6.54 Å². The molecule has 1 saturated carbocycles. The Balaban J connectivity index is 2.78. The first-order valence-electron chi connectivity index (χ1n) is 5.98. The van der Waals surface area contributed by atoms with Gasteiger partial charge < -0.3 is 10.4 Å². The number of ketones is 1. The van der Waals surface area contributed by atoms with Gasteiger partial charge in [-0.2, -0.15) is 0 Å². The number of rotatable bonds is 6. The minimum absolute atomic E-state index is 0.0621. The normalized spacial score (nSPS) is 25.9. The number of amides is 1. The highest BCUT2D eigenvalue weighted by Crippen LogP contribution is 2.35. The van der Waals surface area contributed by atoms with Gasteiger partial charge >= 0.3 is 5.97 Å². The van der Waals surface area contributed by atoms with E-state index in [0.29, 0.717) is 6.41 Å². The molecular formula is C12H19NO4. The fraction of sp³-hybridized carbons (Fsp3) is 0.750. The van der Waals surface area contributed by atoms with Crippen LogP contribution in [0.25, 0.3) is 0 Å². The number of carboxylic acids is 1. The topological polar surface area (TPSA) is 83.5 Å². The highest BCUT2D eigenvalue weighted by molar-refractivity contribution is 5.80. The summed E-state index contributed by atoms with van der Waals surface area (Å²) in [6, 6.07) is 0. The predicted octanol–water partition coefficient (Wildman–Crippen LogP) is 0.829. The van der Waals surface area contributed by atoms with E-state index in [2.05, 4.69) is 5.32 Å². The lowest BCUT2D eigenvalue weighted by Gasteiger charge is -2.33. The Morgan fingerprint density at radius 2 is 2.06 bits per heavy atom. The molecule has 17 heavy (non-hydrogen) atoms. The Morgan fingerprint density at radius 1 is 1.41 bits per heavy atom. The zero-order valence-electron chi connectivity index (χ0n) is 10.0. The first-order valence-corrected chi connectivity index (χ1v) is 5.98. The molecule has 0 bridgehead atoms. The number of aliphatic carboxylic acids is 1. The molecule has 5 nitrogen and oxygen atoms in total. The average molecular weight is 241 g/mol. The number of hydrogen-bond acceptors (Lipinski definition) is 3. The summed E-state index contributed by atoms with van der Waals surface area (Å²) in [4.78, 5) is 33.0. The summed E-state index contributed by atoms with van der Waals surface area (Å²) >= 11 is 0. The quantitative estimate of drug-likeness (QED) is 0.675. The number of nitrogens with one attached hydrogen (secondary N) is 1. The SMILES string of the molecule is CC(=O)C1CCCCC1C(CNC=O)C(=O)O. The Morgan fingerprint density at radius 3 is 2.59 bits per heavy atom. The van der Waals surface area contributed by atoms with Gasteiger partial charge in [-0.15, -0.1) is 0 Å². The molecule has 1 rings (SSSR count). The average Bonchev–Trinajstić information content (AvgIpc) is 2.29. The molecule has 1 aliphatic rings. The van der Waals surface area contributed by atoms with Crippen LogP contribution in [0.15, 0.2) is 0 Å². The van der Waals surface area contributed by atoms with Crippen LogP contribution in [-0.4, -0.2) is 29.8 Å². The highest BCUT2D eigenvalue weighted by atomic mass is 16.4. The third-order valence-electron chi connectivity index (χ3n) is 3.60. The molecule has 0 radical (unpaired) electrons. The Labute approximate surface area is 101 Å². The molecule has 0 heterocycles. The van der Waals surface area contributed by atoms with Gasteiger partial charge in [0.1, 0.15) is 5.78 Å². The Hall–Kier alpha value is -1.39. The first-order chi connectivity index (χ1) is 8.07. The summed E-state index contributed by atoms with van der Waals surface area (Å²) in [7, 11) is 0. The minimum atomic E-state index is -0.933. The summed E-state index contributed by atoms with van der Waals surface area (Å²) < 4.78 is 0. The van der Waals surface area contributed by atoms with Gasteiger partial charge in [0.05, 0.1) is 5.92 Å². The lowest BCUT2D eigenvalue weighted by atomic mass is 9.71. The van der Waals surface area contributed by atoms with E-state index in [-0.39, 0.29) is 24.2 Å². The van der Waals surface area contributed by atoms with E-state index in [0.717, 1.165) is 25.7 Å². The van der Waals surface area contributed by atoms with E-state index in [9.17, 15) is 19.5 Å². The number of Topliss-reactive ketones (excluding diaryl/α,β-unsaturated/α-hetero) is 1. The lowest BCUT2D eigenvalue weighted by Crippen LogP contribution is -2.40. The molecule has 0 saturated heterocycles. The van der Waals surface area contributed by atoms with Gasteiger partial charge in [0.2, 0.25) is 6.41 Å². The van der Waals surface area contributed by atoms with Crippen LogP contribution >= 0.6 is 0 Å². The van der Waals surface area contributed by atoms with Crippen molar-refractivity contribution in [3.63, 3.8) is 0 Å². The van der Waals surface area contributed by atoms with E-state index in [1.807, 2.05) is 0 Å². The maximum Gasteiger partial charge on any atom is 0.308 e. The number of carbonyl (C=O) groups is 3. The largest absolute Gasteiger partial charge is 0.481 e. The second-order valence-electron chi connectivity index (χ2n) is 4.64. The summed E-state index contributed by atoms with van der Waals surface area (Å²) in [6.07, 6.45) is 3.96. The summed E-state index contributed by atoms with van der Waals surface area (Å²) in [6.45, 7) is 1.63. The molecule has 1 amide bonds. The van der Waals surface area contributed by atoms with Crippen LogP contribution in [0.5, 0.6) is 0 Å². The molecule has 0 aromatic carbocycles. The molecule has 0 aromatic heterocycles. The van der Waals surface area contributed by atoms with Crippen molar-refractivity contribution in [1.29, 1.82) is 0 Å². The van der Waals surface area contributed by atoms with Crippen LogP contribution in [0, 0.1) is 17.8 Å². The van der Waals surface area contributed by atoms with Crippen LogP contribution in [0.4, 0.5) is 0 Å². The van der Waals surface area contributed by atoms with Crippen molar-refractivity contribution in [2.45, 2.75) is 32.6 Å². The van der Waals surface area contributed by atoms with Crippen molar-refractivity contribution in [3.8, 4) is 0 Å². The van der Waals surface area contributed by atoms with Gasteiger partial charge in [-0.05, 0) is 25.7 Å². The summed E-state index contributed by atoms with van der Waals surface area (Å²) in [5, 5.41) is 11.6. The van der Waals surface area contributed by atoms with Crippen LogP contribution in [0.2, 0.25) is 0 Å². The van der Waals surface area contributed by atoms with Crippen molar-refractivity contribution in [1.82, 2.24) is 5.32 Å². The molecule has 3 unspecified atom stereocenters. The Bertz CT molecular complexity index is 303. The molecule has 1 aliphatic carbocycles.